The number of ether oxygens (including phenoxy) is 2. The lowest BCUT2D eigenvalue weighted by molar-refractivity contribution is -0.147. The van der Waals surface area contributed by atoms with Crippen molar-refractivity contribution in [2.45, 2.75) is 26.3 Å². The Morgan fingerprint density at radius 1 is 1.25 bits per heavy atom. The second kappa shape index (κ2) is 9.30. The van der Waals surface area contributed by atoms with E-state index >= 15 is 0 Å². The van der Waals surface area contributed by atoms with Gasteiger partial charge in [-0.25, -0.2) is 9.59 Å². The van der Waals surface area contributed by atoms with Crippen molar-refractivity contribution < 1.29 is 23.9 Å². The molecule has 0 bridgehead atoms. The molecule has 1 N–H and O–H groups in total. The van der Waals surface area contributed by atoms with Crippen LogP contribution in [0.4, 0.5) is 0 Å². The van der Waals surface area contributed by atoms with Gasteiger partial charge in [0.1, 0.15) is 6.04 Å². The summed E-state index contributed by atoms with van der Waals surface area (Å²) < 4.78 is 9.57. The molecule has 1 aromatic carbocycles. The Kier molecular flexibility index (Phi) is 7.43. The average molecular weight is 332 g/mol. The van der Waals surface area contributed by atoms with E-state index in [4.69, 9.17) is 10.00 Å². The SMILES string of the molecule is CC[C@@H](C)[C@H](NC(=O)COC(=O)c1ccc(C#N)cc1)C(=O)OC. The van der Waals surface area contributed by atoms with Crippen molar-refractivity contribution in [3.05, 3.63) is 35.4 Å². The molecule has 0 aliphatic heterocycles. The molecular formula is C17H20N2O5. The van der Waals surface area contributed by atoms with Crippen molar-refractivity contribution in [3.8, 4) is 6.07 Å². The predicted molar refractivity (Wildman–Crippen MR) is 84.8 cm³/mol. The maximum absolute atomic E-state index is 11.9. The van der Waals surface area contributed by atoms with Gasteiger partial charge in [0.25, 0.3) is 5.91 Å². The molecule has 128 valence electrons. The normalized spacial score (nSPS) is 12.4. The Balaban J connectivity index is 2.59. The quantitative estimate of drug-likeness (QED) is 0.757. The van der Waals surface area contributed by atoms with Crippen molar-refractivity contribution in [1.82, 2.24) is 5.32 Å². The lowest BCUT2D eigenvalue weighted by Crippen LogP contribution is -2.47. The molecule has 2 atom stereocenters. The summed E-state index contributed by atoms with van der Waals surface area (Å²) in [6.07, 6.45) is 0.672. The number of carbonyl (C=O) groups is 3. The summed E-state index contributed by atoms with van der Waals surface area (Å²) in [5.74, 6) is -1.94. The van der Waals surface area contributed by atoms with Gasteiger partial charge in [-0.1, -0.05) is 20.3 Å². The minimum Gasteiger partial charge on any atom is -0.467 e. The number of methoxy groups -OCH3 is 1. The number of hydrogen-bond donors (Lipinski definition) is 1. The highest BCUT2D eigenvalue weighted by Gasteiger charge is 2.27. The van der Waals surface area contributed by atoms with E-state index < -0.39 is 30.5 Å². The Labute approximate surface area is 140 Å². The van der Waals surface area contributed by atoms with Gasteiger partial charge >= 0.3 is 11.9 Å². The van der Waals surface area contributed by atoms with E-state index in [1.807, 2.05) is 19.9 Å². The first-order valence-electron chi connectivity index (χ1n) is 7.47. The highest BCUT2D eigenvalue weighted by atomic mass is 16.5. The number of nitrogens with one attached hydrogen (secondary N) is 1. The molecular weight excluding hydrogens is 312 g/mol. The van der Waals surface area contributed by atoms with Crippen molar-refractivity contribution in [2.24, 2.45) is 5.92 Å². The van der Waals surface area contributed by atoms with Crippen molar-refractivity contribution in [3.63, 3.8) is 0 Å². The van der Waals surface area contributed by atoms with Crippen molar-refractivity contribution >= 4 is 17.8 Å². The molecule has 1 amide bonds. The van der Waals surface area contributed by atoms with E-state index in [0.29, 0.717) is 12.0 Å². The molecule has 7 nitrogen and oxygen atoms in total. The minimum absolute atomic E-state index is 0.115. The lowest BCUT2D eigenvalue weighted by atomic mass is 9.99. The first-order valence-corrected chi connectivity index (χ1v) is 7.47. The van der Waals surface area contributed by atoms with E-state index in [0.717, 1.165) is 0 Å². The van der Waals surface area contributed by atoms with Crippen LogP contribution < -0.4 is 5.32 Å². The number of nitrogens with zero attached hydrogens (tertiary/aromatic N) is 1. The van der Waals surface area contributed by atoms with Crippen LogP contribution in [-0.2, 0) is 19.1 Å². The van der Waals surface area contributed by atoms with Gasteiger partial charge in [-0.05, 0) is 30.2 Å². The fourth-order valence-electron chi connectivity index (χ4n) is 1.91. The molecule has 24 heavy (non-hydrogen) atoms. The van der Waals surface area contributed by atoms with Gasteiger partial charge in [-0.3, -0.25) is 4.79 Å². The summed E-state index contributed by atoms with van der Waals surface area (Å²) in [4.78, 5) is 35.4. The summed E-state index contributed by atoms with van der Waals surface area (Å²) in [7, 11) is 1.24. The number of amides is 1. The van der Waals surface area contributed by atoms with E-state index in [1.165, 1.54) is 31.4 Å². The number of benzene rings is 1. The second-order valence-corrected chi connectivity index (χ2v) is 5.22. The summed E-state index contributed by atoms with van der Waals surface area (Å²) in [6, 6.07) is 6.98. The fraction of sp³-hybridized carbons (Fsp3) is 0.412. The summed E-state index contributed by atoms with van der Waals surface area (Å²) in [5.41, 5.74) is 0.645. The van der Waals surface area contributed by atoms with Crippen LogP contribution in [0.2, 0.25) is 0 Å². The zero-order chi connectivity index (χ0) is 18.1. The number of carbonyl (C=O) groups excluding carboxylic acids is 3. The van der Waals surface area contributed by atoms with E-state index in [2.05, 4.69) is 10.1 Å². The molecule has 0 fully saturated rings. The predicted octanol–water partition coefficient (Wildman–Crippen LogP) is 1.42. The van der Waals surface area contributed by atoms with Crippen LogP contribution in [0.15, 0.2) is 24.3 Å². The van der Waals surface area contributed by atoms with E-state index in [-0.39, 0.29) is 11.5 Å². The van der Waals surface area contributed by atoms with Gasteiger partial charge in [0, 0.05) is 0 Å². The molecule has 0 aliphatic rings. The van der Waals surface area contributed by atoms with Gasteiger partial charge in [-0.15, -0.1) is 0 Å². The van der Waals surface area contributed by atoms with Crippen LogP contribution >= 0.6 is 0 Å². The maximum atomic E-state index is 11.9. The van der Waals surface area contributed by atoms with Crippen LogP contribution in [0.25, 0.3) is 0 Å². The van der Waals surface area contributed by atoms with Crippen LogP contribution in [0.3, 0.4) is 0 Å². The minimum atomic E-state index is -0.791. The number of nitriles is 1. The van der Waals surface area contributed by atoms with Gasteiger partial charge in [-0.2, -0.15) is 5.26 Å². The zero-order valence-electron chi connectivity index (χ0n) is 13.9. The van der Waals surface area contributed by atoms with Gasteiger partial charge < -0.3 is 14.8 Å². The summed E-state index contributed by atoms with van der Waals surface area (Å²) >= 11 is 0. The molecule has 0 saturated carbocycles. The van der Waals surface area contributed by atoms with Crippen LogP contribution in [0.5, 0.6) is 0 Å². The van der Waals surface area contributed by atoms with Gasteiger partial charge in [0.05, 0.1) is 24.3 Å². The fourth-order valence-corrected chi connectivity index (χ4v) is 1.91. The highest BCUT2D eigenvalue weighted by Crippen LogP contribution is 2.09. The largest absolute Gasteiger partial charge is 0.467 e. The monoisotopic (exact) mass is 332 g/mol. The molecule has 0 radical (unpaired) electrons. The standard InChI is InChI=1S/C17H20N2O5/c1-4-11(2)15(17(22)23-3)19-14(20)10-24-16(21)13-7-5-12(9-18)6-8-13/h5-8,11,15H,4,10H2,1-3H3,(H,19,20)/t11-,15+/m1/s1. The highest BCUT2D eigenvalue weighted by molar-refractivity contribution is 5.92. The third-order valence-corrected chi connectivity index (χ3v) is 3.57. The number of hydrogen-bond acceptors (Lipinski definition) is 6. The third kappa shape index (κ3) is 5.39. The smallest absolute Gasteiger partial charge is 0.338 e. The molecule has 0 heterocycles. The molecule has 1 aromatic rings. The second-order valence-electron chi connectivity index (χ2n) is 5.22. The van der Waals surface area contributed by atoms with Gasteiger partial charge in [0.15, 0.2) is 6.61 Å². The zero-order valence-corrected chi connectivity index (χ0v) is 13.9. The maximum Gasteiger partial charge on any atom is 0.338 e. The van der Waals surface area contributed by atoms with Crippen molar-refractivity contribution in [1.29, 1.82) is 5.26 Å². The lowest BCUT2D eigenvalue weighted by Gasteiger charge is -2.21. The van der Waals surface area contributed by atoms with E-state index in [1.54, 1.807) is 0 Å². The Bertz CT molecular complexity index is 633. The summed E-state index contributed by atoms with van der Waals surface area (Å²) in [5, 5.41) is 11.2. The topological polar surface area (TPSA) is 105 Å². The first-order chi connectivity index (χ1) is 11.4. The number of rotatable bonds is 7. The third-order valence-electron chi connectivity index (χ3n) is 3.57. The Morgan fingerprint density at radius 2 is 1.88 bits per heavy atom. The van der Waals surface area contributed by atoms with Gasteiger partial charge in [0.2, 0.25) is 0 Å². The average Bonchev–Trinajstić information content (AvgIpc) is 2.62. The van der Waals surface area contributed by atoms with Crippen LogP contribution in [-0.4, -0.2) is 37.6 Å². The molecule has 0 unspecified atom stereocenters. The van der Waals surface area contributed by atoms with E-state index in [9.17, 15) is 14.4 Å². The van der Waals surface area contributed by atoms with Crippen LogP contribution in [0, 0.1) is 17.2 Å². The molecule has 0 aromatic heterocycles. The van der Waals surface area contributed by atoms with Crippen molar-refractivity contribution in [2.75, 3.05) is 13.7 Å². The molecule has 0 aliphatic carbocycles. The Hall–Kier alpha value is -2.88. The summed E-state index contributed by atoms with van der Waals surface area (Å²) in [6.45, 7) is 3.19. The molecule has 7 heteroatoms. The molecule has 1 rings (SSSR count). The van der Waals surface area contributed by atoms with Crippen LogP contribution in [0.1, 0.15) is 36.2 Å². The first kappa shape index (κ1) is 19.2. The molecule has 0 spiro atoms. The molecule has 0 saturated heterocycles. The number of esters is 2. The Morgan fingerprint density at radius 3 is 2.38 bits per heavy atom.